The maximum atomic E-state index is 12.6. The maximum Gasteiger partial charge on any atom is 0.414 e. The lowest BCUT2D eigenvalue weighted by atomic mass is 9.94. The molecule has 1 aliphatic heterocycles. The summed E-state index contributed by atoms with van der Waals surface area (Å²) in [6.45, 7) is 7.55. The second kappa shape index (κ2) is 6.90. The molecule has 1 aliphatic rings. The summed E-state index contributed by atoms with van der Waals surface area (Å²) in [6, 6.07) is 6.76. The van der Waals surface area contributed by atoms with Gasteiger partial charge in [-0.1, -0.05) is 24.1 Å². The van der Waals surface area contributed by atoms with E-state index < -0.39 is 11.7 Å². The molecule has 0 spiro atoms. The van der Waals surface area contributed by atoms with E-state index in [1.165, 1.54) is 0 Å². The number of amides is 1. The molecule has 1 aromatic carbocycles. The number of nitrogens with two attached hydrogens (primary N) is 1. The molecule has 0 aliphatic carbocycles. The number of phenolic OH excluding ortho intramolecular Hbond substituents is 1. The van der Waals surface area contributed by atoms with Crippen LogP contribution in [0.25, 0.3) is 11.3 Å². The highest BCUT2D eigenvalue weighted by Crippen LogP contribution is 2.39. The summed E-state index contributed by atoms with van der Waals surface area (Å²) < 4.78 is 5.53. The van der Waals surface area contributed by atoms with Crippen LogP contribution in [0.2, 0.25) is 0 Å². The number of nitrogens with zero attached hydrogens (tertiary/aromatic N) is 2. The van der Waals surface area contributed by atoms with Crippen molar-refractivity contribution >= 4 is 12.0 Å². The highest BCUT2D eigenvalue weighted by atomic mass is 16.6. The first-order valence-corrected chi connectivity index (χ1v) is 8.83. The van der Waals surface area contributed by atoms with Crippen molar-refractivity contribution in [1.82, 2.24) is 9.88 Å². The molecule has 2 heterocycles. The fraction of sp³-hybridized carbons (Fsp3) is 0.350. The van der Waals surface area contributed by atoms with Crippen LogP contribution in [0.15, 0.2) is 42.7 Å². The molecule has 4 N–H and O–H groups in total. The Morgan fingerprint density at radius 2 is 2.07 bits per heavy atom. The zero-order valence-corrected chi connectivity index (χ0v) is 15.9. The molecular weight excluding hydrogens is 344 g/mol. The van der Waals surface area contributed by atoms with E-state index in [1.54, 1.807) is 29.4 Å². The number of rotatable bonds is 2. The Balaban J connectivity index is 1.97. The summed E-state index contributed by atoms with van der Waals surface area (Å²) in [4.78, 5) is 21.2. The van der Waals surface area contributed by atoms with Crippen LogP contribution >= 0.6 is 0 Å². The molecule has 1 aromatic heterocycles. The van der Waals surface area contributed by atoms with Crippen molar-refractivity contribution in [3.63, 3.8) is 0 Å². The second-order valence-corrected chi connectivity index (χ2v) is 7.67. The maximum absolute atomic E-state index is 12.6. The number of carbonyl (C=O) groups excluding carboxylic acids is 1. The predicted molar refractivity (Wildman–Crippen MR) is 101 cm³/mol. The molecule has 27 heavy (non-hydrogen) atoms. The summed E-state index contributed by atoms with van der Waals surface area (Å²) >= 11 is 0. The van der Waals surface area contributed by atoms with Crippen molar-refractivity contribution in [3.05, 3.63) is 48.3 Å². The third-order valence-corrected chi connectivity index (χ3v) is 4.30. The van der Waals surface area contributed by atoms with E-state index in [-0.39, 0.29) is 23.7 Å². The first-order chi connectivity index (χ1) is 12.7. The Hall–Kier alpha value is -3.09. The molecule has 2 aromatic rings. The number of ether oxygens (including phenoxy) is 1. The average Bonchev–Trinajstić information content (AvgIpc) is 2.96. The van der Waals surface area contributed by atoms with Gasteiger partial charge in [-0.15, -0.1) is 0 Å². The lowest BCUT2D eigenvalue weighted by molar-refractivity contribution is -0.364. The number of carbonyl (C=O) groups is 1. The fourth-order valence-corrected chi connectivity index (χ4v) is 3.13. The second-order valence-electron chi connectivity index (χ2n) is 7.67. The van der Waals surface area contributed by atoms with E-state index in [4.69, 9.17) is 10.5 Å². The van der Waals surface area contributed by atoms with E-state index in [9.17, 15) is 9.90 Å². The molecular formula is C20H25N4O3+. The summed E-state index contributed by atoms with van der Waals surface area (Å²) in [5.41, 5.74) is 7.12. The number of hydrogen-bond acceptors (Lipinski definition) is 5. The zero-order valence-electron chi connectivity index (χ0n) is 15.9. The quantitative estimate of drug-likeness (QED) is 0.845. The van der Waals surface area contributed by atoms with Crippen LogP contribution in [0.4, 0.5) is 10.7 Å². The van der Waals surface area contributed by atoms with Crippen LogP contribution in [0, 0.1) is 5.92 Å². The Labute approximate surface area is 158 Å². The topological polar surface area (TPSA) is 103 Å². The van der Waals surface area contributed by atoms with Crippen LogP contribution in [0.5, 0.6) is 5.75 Å². The Bertz CT molecular complexity index is 889. The summed E-state index contributed by atoms with van der Waals surface area (Å²) in [7, 11) is 0. The molecule has 2 unspecified atom stereocenters. The summed E-state index contributed by atoms with van der Waals surface area (Å²) in [5, 5.41) is 10.3. The molecule has 0 fully saturated rings. The summed E-state index contributed by atoms with van der Waals surface area (Å²) in [5.74, 6) is 0.444. The molecule has 142 valence electrons. The molecule has 0 radical (unpaired) electrons. The largest absolute Gasteiger partial charge is 0.507 e. The minimum Gasteiger partial charge on any atom is -0.507 e. The molecule has 7 heteroatoms. The van der Waals surface area contributed by atoms with Crippen LogP contribution < -0.4 is 10.7 Å². The Morgan fingerprint density at radius 3 is 2.74 bits per heavy atom. The number of nitrogens with one attached hydrogen (secondary N) is 1. The zero-order chi connectivity index (χ0) is 19.8. The van der Waals surface area contributed by atoms with Crippen LogP contribution in [-0.4, -0.2) is 26.7 Å². The third kappa shape index (κ3) is 4.02. The Kier molecular flexibility index (Phi) is 4.78. The Morgan fingerprint density at radius 1 is 1.33 bits per heavy atom. The number of H-pyrrole nitrogens is 1. The first-order valence-electron chi connectivity index (χ1n) is 8.83. The van der Waals surface area contributed by atoms with Gasteiger partial charge in [-0.2, -0.15) is 0 Å². The minimum absolute atomic E-state index is 0.0945. The molecule has 0 bridgehead atoms. The summed E-state index contributed by atoms with van der Waals surface area (Å²) in [6.07, 6.45) is 4.98. The van der Waals surface area contributed by atoms with Gasteiger partial charge < -0.3 is 9.84 Å². The van der Waals surface area contributed by atoms with Gasteiger partial charge in [0.1, 0.15) is 11.4 Å². The highest BCUT2D eigenvalue weighted by molar-refractivity contribution is 5.72. The molecule has 3 rings (SSSR count). The van der Waals surface area contributed by atoms with Gasteiger partial charge >= 0.3 is 12.0 Å². The number of aromatic hydroxyl groups is 1. The van der Waals surface area contributed by atoms with Gasteiger partial charge in [-0.05, 0) is 38.5 Å². The standard InChI is InChI=1S/C20H24N4O3/c1-12-8-10-24(19(26)27-20(2,3)4)17(12)13-5-6-16(25)14(11-13)15-7-9-22-18(21)23-15/h5-12,17,25H,1-4H3,(H2,21,22,23)/p+1. The van der Waals surface area contributed by atoms with Crippen molar-refractivity contribution in [3.8, 4) is 17.0 Å². The number of aromatic amines is 1. The van der Waals surface area contributed by atoms with E-state index >= 15 is 0 Å². The monoisotopic (exact) mass is 369 g/mol. The van der Waals surface area contributed by atoms with Gasteiger partial charge in [0.2, 0.25) is 0 Å². The fourth-order valence-electron chi connectivity index (χ4n) is 3.13. The van der Waals surface area contributed by atoms with Crippen molar-refractivity contribution in [2.24, 2.45) is 5.92 Å². The minimum atomic E-state index is -0.580. The smallest absolute Gasteiger partial charge is 0.414 e. The van der Waals surface area contributed by atoms with Gasteiger partial charge in [0.05, 0.1) is 17.8 Å². The molecule has 1 amide bonds. The molecule has 0 saturated carbocycles. The highest BCUT2D eigenvalue weighted by Gasteiger charge is 2.35. The van der Waals surface area contributed by atoms with Gasteiger partial charge in [-0.3, -0.25) is 10.6 Å². The number of phenols is 1. The van der Waals surface area contributed by atoms with Gasteiger partial charge in [0, 0.05) is 18.2 Å². The van der Waals surface area contributed by atoms with E-state index in [0.29, 0.717) is 11.3 Å². The number of anilines is 1. The SMILES string of the molecule is CC1C=CN(C(=O)OC(C)(C)C)C1c1ccc(O)c(-c2cc[nH+]c(N)n2)c1. The number of aromatic nitrogens is 2. The number of nitrogen functional groups attached to an aromatic ring is 1. The number of benzene rings is 1. The van der Waals surface area contributed by atoms with Crippen LogP contribution in [0.1, 0.15) is 39.3 Å². The third-order valence-electron chi connectivity index (χ3n) is 4.30. The van der Waals surface area contributed by atoms with Crippen molar-refractivity contribution in [2.75, 3.05) is 5.73 Å². The molecule has 2 atom stereocenters. The van der Waals surface area contributed by atoms with Gasteiger partial charge in [0.25, 0.3) is 0 Å². The van der Waals surface area contributed by atoms with Crippen molar-refractivity contribution in [1.29, 1.82) is 0 Å². The average molecular weight is 369 g/mol. The lowest BCUT2D eigenvalue weighted by Gasteiger charge is -2.30. The van der Waals surface area contributed by atoms with E-state index in [0.717, 1.165) is 5.56 Å². The van der Waals surface area contributed by atoms with Gasteiger partial charge in [-0.25, -0.2) is 9.78 Å². The normalized spacial score (nSPS) is 19.3. The van der Waals surface area contributed by atoms with E-state index in [1.807, 2.05) is 45.9 Å². The number of hydrogen-bond donors (Lipinski definition) is 2. The van der Waals surface area contributed by atoms with Crippen LogP contribution in [0.3, 0.4) is 0 Å². The van der Waals surface area contributed by atoms with E-state index in [2.05, 4.69) is 9.97 Å². The first kappa shape index (κ1) is 18.7. The van der Waals surface area contributed by atoms with Gasteiger partial charge in [0.15, 0.2) is 5.69 Å². The lowest BCUT2D eigenvalue weighted by Crippen LogP contribution is -2.35. The van der Waals surface area contributed by atoms with Crippen LogP contribution in [-0.2, 0) is 4.74 Å². The van der Waals surface area contributed by atoms with Crippen molar-refractivity contribution in [2.45, 2.75) is 39.3 Å². The molecule has 7 nitrogen and oxygen atoms in total. The van der Waals surface area contributed by atoms with Crippen molar-refractivity contribution < 1.29 is 19.6 Å². The molecule has 0 saturated heterocycles. The predicted octanol–water partition coefficient (Wildman–Crippen LogP) is 3.29.